The van der Waals surface area contributed by atoms with E-state index in [-0.39, 0.29) is 5.41 Å². The summed E-state index contributed by atoms with van der Waals surface area (Å²) < 4.78 is 4.26. The monoisotopic (exact) mass is 280 g/mol. The minimum atomic E-state index is 0.225. The van der Waals surface area contributed by atoms with Crippen molar-refractivity contribution in [3.8, 4) is 0 Å². The van der Waals surface area contributed by atoms with E-state index in [0.717, 1.165) is 11.4 Å². The average molecular weight is 280 g/mol. The molecule has 2 aliphatic rings. The van der Waals surface area contributed by atoms with Crippen molar-refractivity contribution in [2.75, 3.05) is 0 Å². The molecule has 4 rings (SSSR count). The first-order valence-corrected chi connectivity index (χ1v) is 7.40. The first-order valence-electron chi connectivity index (χ1n) is 7.40. The standard InChI is InChI=1S/C17H20N4/c1-17(2)13-14(17)16(12-8-6-10-21(12)4)19-18-15(13)11-7-5-9-20(11)3/h5-10,13-14H,1-4H3. The number of aryl methyl sites for hydroxylation is 2. The van der Waals surface area contributed by atoms with Crippen LogP contribution in [0.3, 0.4) is 0 Å². The molecule has 0 aromatic carbocycles. The summed E-state index contributed by atoms with van der Waals surface area (Å²) in [5.41, 5.74) is 4.87. The molecule has 0 radical (unpaired) electrons. The molecule has 4 nitrogen and oxygen atoms in total. The van der Waals surface area contributed by atoms with Crippen molar-refractivity contribution in [3.63, 3.8) is 0 Å². The van der Waals surface area contributed by atoms with E-state index in [1.165, 1.54) is 11.4 Å². The minimum Gasteiger partial charge on any atom is -0.350 e. The van der Waals surface area contributed by atoms with Gasteiger partial charge >= 0.3 is 0 Å². The van der Waals surface area contributed by atoms with Gasteiger partial charge in [-0.15, -0.1) is 0 Å². The molecular weight excluding hydrogens is 260 g/mol. The smallest absolute Gasteiger partial charge is 0.0910 e. The zero-order valence-electron chi connectivity index (χ0n) is 12.9. The first kappa shape index (κ1) is 12.6. The molecule has 2 aromatic heterocycles. The summed E-state index contributed by atoms with van der Waals surface area (Å²) in [4.78, 5) is 0. The molecule has 0 N–H and O–H groups in total. The van der Waals surface area contributed by atoms with Gasteiger partial charge in [-0.3, -0.25) is 0 Å². The molecule has 2 atom stereocenters. The maximum atomic E-state index is 4.60. The van der Waals surface area contributed by atoms with Crippen molar-refractivity contribution in [2.24, 2.45) is 41.5 Å². The highest BCUT2D eigenvalue weighted by molar-refractivity contribution is 6.15. The van der Waals surface area contributed by atoms with E-state index in [1.54, 1.807) is 0 Å². The Morgan fingerprint density at radius 2 is 1.29 bits per heavy atom. The Morgan fingerprint density at radius 3 is 1.62 bits per heavy atom. The summed E-state index contributed by atoms with van der Waals surface area (Å²) in [5.74, 6) is 0.932. The van der Waals surface area contributed by atoms with Gasteiger partial charge in [0.2, 0.25) is 0 Å². The number of fused-ring (bicyclic) bond motifs is 1. The zero-order valence-corrected chi connectivity index (χ0v) is 12.9. The lowest BCUT2D eigenvalue weighted by Crippen LogP contribution is -2.19. The third-order valence-corrected chi connectivity index (χ3v) is 5.09. The van der Waals surface area contributed by atoms with Crippen LogP contribution in [0.2, 0.25) is 0 Å². The molecule has 1 fully saturated rings. The second-order valence-electron chi connectivity index (χ2n) is 6.76. The lowest BCUT2D eigenvalue weighted by molar-refractivity contribution is 0.602. The van der Waals surface area contributed by atoms with Crippen LogP contribution in [-0.2, 0) is 14.1 Å². The average Bonchev–Trinajstić information content (AvgIpc) is 2.83. The number of rotatable bonds is 2. The van der Waals surface area contributed by atoms with E-state index in [4.69, 9.17) is 0 Å². The van der Waals surface area contributed by atoms with E-state index >= 15 is 0 Å². The van der Waals surface area contributed by atoms with E-state index in [9.17, 15) is 0 Å². The number of hydrogen-bond acceptors (Lipinski definition) is 2. The fourth-order valence-corrected chi connectivity index (χ4v) is 3.77. The van der Waals surface area contributed by atoms with Crippen LogP contribution in [0.1, 0.15) is 25.2 Å². The fourth-order valence-electron chi connectivity index (χ4n) is 3.77. The van der Waals surface area contributed by atoms with Gasteiger partial charge in [0.05, 0.1) is 22.8 Å². The van der Waals surface area contributed by atoms with Crippen LogP contribution in [0, 0.1) is 17.3 Å². The van der Waals surface area contributed by atoms with Crippen molar-refractivity contribution < 1.29 is 0 Å². The van der Waals surface area contributed by atoms with Crippen LogP contribution in [0.4, 0.5) is 0 Å². The van der Waals surface area contributed by atoms with Crippen molar-refractivity contribution in [1.29, 1.82) is 0 Å². The molecule has 2 unspecified atom stereocenters. The Hall–Kier alpha value is -2.10. The number of nitrogens with zero attached hydrogens (tertiary/aromatic N) is 4. The van der Waals surface area contributed by atoms with Gasteiger partial charge in [-0.05, 0) is 29.7 Å². The first-order chi connectivity index (χ1) is 10.0. The molecule has 3 heterocycles. The minimum absolute atomic E-state index is 0.225. The highest BCUT2D eigenvalue weighted by Gasteiger charge is 2.64. The molecule has 21 heavy (non-hydrogen) atoms. The Bertz CT molecular complexity index is 708. The maximum Gasteiger partial charge on any atom is 0.0910 e. The van der Waals surface area contributed by atoms with Gasteiger partial charge in [0.1, 0.15) is 0 Å². The number of hydrogen-bond donors (Lipinski definition) is 0. The van der Waals surface area contributed by atoms with Crippen LogP contribution in [0.5, 0.6) is 0 Å². The predicted octanol–water partition coefficient (Wildman–Crippen LogP) is 2.84. The molecule has 0 saturated heterocycles. The summed E-state index contributed by atoms with van der Waals surface area (Å²) in [6.07, 6.45) is 4.14. The van der Waals surface area contributed by atoms with Crippen LogP contribution in [0.25, 0.3) is 0 Å². The SMILES string of the molecule is Cn1cccc1C1=NN=C(c2cccn2C)C2C1C2(C)C. The van der Waals surface area contributed by atoms with E-state index < -0.39 is 0 Å². The molecule has 0 bridgehead atoms. The van der Waals surface area contributed by atoms with Gasteiger partial charge in [0.25, 0.3) is 0 Å². The lowest BCUT2D eigenvalue weighted by Gasteiger charge is -2.13. The van der Waals surface area contributed by atoms with Crippen LogP contribution < -0.4 is 0 Å². The molecule has 2 aromatic rings. The van der Waals surface area contributed by atoms with Crippen LogP contribution >= 0.6 is 0 Å². The molecule has 1 aliphatic carbocycles. The van der Waals surface area contributed by atoms with Crippen LogP contribution in [-0.4, -0.2) is 20.6 Å². The quantitative estimate of drug-likeness (QED) is 0.811. The Morgan fingerprint density at radius 1 is 0.857 bits per heavy atom. The Labute approximate surface area is 124 Å². The molecule has 4 heteroatoms. The summed E-state index contributed by atoms with van der Waals surface area (Å²) in [6.45, 7) is 4.65. The lowest BCUT2D eigenvalue weighted by atomic mass is 10.0. The molecule has 0 amide bonds. The van der Waals surface area contributed by atoms with Crippen molar-refractivity contribution in [3.05, 3.63) is 48.0 Å². The largest absolute Gasteiger partial charge is 0.350 e. The van der Waals surface area contributed by atoms with Gasteiger partial charge < -0.3 is 9.13 Å². The van der Waals surface area contributed by atoms with Crippen molar-refractivity contribution >= 4 is 11.4 Å². The van der Waals surface area contributed by atoms with Gasteiger partial charge in [0, 0.05) is 38.3 Å². The van der Waals surface area contributed by atoms with Gasteiger partial charge in [-0.1, -0.05) is 13.8 Å². The third-order valence-electron chi connectivity index (χ3n) is 5.09. The molecular formula is C17H20N4. The third kappa shape index (κ3) is 1.62. The second-order valence-corrected chi connectivity index (χ2v) is 6.76. The van der Waals surface area contributed by atoms with E-state index in [0.29, 0.717) is 11.8 Å². The second kappa shape index (κ2) is 3.97. The topological polar surface area (TPSA) is 34.6 Å². The highest BCUT2D eigenvalue weighted by atomic mass is 15.3. The molecule has 1 saturated carbocycles. The van der Waals surface area contributed by atoms with Crippen molar-refractivity contribution in [1.82, 2.24) is 9.13 Å². The number of aromatic nitrogens is 2. The Kier molecular flexibility index (Phi) is 2.39. The van der Waals surface area contributed by atoms with E-state index in [2.05, 4.69) is 83.9 Å². The Balaban J connectivity index is 1.84. The fraction of sp³-hybridized carbons (Fsp3) is 0.412. The zero-order chi connectivity index (χ0) is 14.8. The maximum absolute atomic E-state index is 4.60. The summed E-state index contributed by atoms with van der Waals surface area (Å²) in [5, 5.41) is 9.20. The molecule has 108 valence electrons. The van der Waals surface area contributed by atoms with Gasteiger partial charge in [-0.2, -0.15) is 10.2 Å². The van der Waals surface area contributed by atoms with Crippen molar-refractivity contribution in [2.45, 2.75) is 13.8 Å². The predicted molar refractivity (Wildman–Crippen MR) is 84.7 cm³/mol. The summed E-state index contributed by atoms with van der Waals surface area (Å²) >= 11 is 0. The van der Waals surface area contributed by atoms with Gasteiger partial charge in [0.15, 0.2) is 0 Å². The highest BCUT2D eigenvalue weighted by Crippen LogP contribution is 2.62. The summed E-state index contributed by atoms with van der Waals surface area (Å²) in [6, 6.07) is 8.40. The van der Waals surface area contributed by atoms with Gasteiger partial charge in [-0.25, -0.2) is 0 Å². The normalized spacial score (nSPS) is 26.1. The summed E-state index contributed by atoms with van der Waals surface area (Å²) in [7, 11) is 4.14. The van der Waals surface area contributed by atoms with E-state index in [1.807, 2.05) is 0 Å². The van der Waals surface area contributed by atoms with Crippen LogP contribution in [0.15, 0.2) is 46.9 Å². The molecule has 1 aliphatic heterocycles. The molecule has 0 spiro atoms.